The van der Waals surface area contributed by atoms with Crippen LogP contribution in [0.2, 0.25) is 5.02 Å². The van der Waals surface area contributed by atoms with E-state index in [1.807, 2.05) is 0 Å². The van der Waals surface area contributed by atoms with Gasteiger partial charge < -0.3 is 10.6 Å². The molecule has 1 aliphatic heterocycles. The predicted molar refractivity (Wildman–Crippen MR) is 65.6 cm³/mol. The number of hydrogen-bond acceptors (Lipinski definition) is 4. The van der Waals surface area contributed by atoms with Crippen molar-refractivity contribution in [2.45, 2.75) is 26.3 Å². The Balaban J connectivity index is 2.21. The van der Waals surface area contributed by atoms with Crippen LogP contribution in [0.3, 0.4) is 0 Å². The third kappa shape index (κ3) is 2.13. The smallest absolute Gasteiger partial charge is 0.150 e. The Kier molecular flexibility index (Phi) is 3.04. The lowest BCUT2D eigenvalue weighted by molar-refractivity contribution is 0.244. The molecule has 1 aliphatic rings. The van der Waals surface area contributed by atoms with E-state index in [1.165, 1.54) is 6.33 Å². The van der Waals surface area contributed by atoms with E-state index in [1.54, 1.807) is 6.20 Å². The first-order chi connectivity index (χ1) is 7.50. The van der Waals surface area contributed by atoms with Gasteiger partial charge in [0.05, 0.1) is 6.20 Å². The van der Waals surface area contributed by atoms with Crippen LogP contribution in [0, 0.1) is 5.41 Å². The lowest BCUT2D eigenvalue weighted by Gasteiger charge is -2.43. The van der Waals surface area contributed by atoms with Crippen LogP contribution in [0.1, 0.15) is 20.3 Å². The molecule has 2 heterocycles. The highest BCUT2D eigenvalue weighted by molar-refractivity contribution is 6.32. The number of anilines is 1. The van der Waals surface area contributed by atoms with Gasteiger partial charge >= 0.3 is 0 Å². The SMILES string of the molecule is CC1(C)CN(c2ncncc2Cl)CCC1N. The van der Waals surface area contributed by atoms with Crippen LogP contribution >= 0.6 is 11.6 Å². The van der Waals surface area contributed by atoms with E-state index in [0.717, 1.165) is 25.3 Å². The van der Waals surface area contributed by atoms with Crippen molar-refractivity contribution in [3.05, 3.63) is 17.5 Å². The molecule has 4 nitrogen and oxygen atoms in total. The van der Waals surface area contributed by atoms with Crippen molar-refractivity contribution in [2.24, 2.45) is 11.1 Å². The molecule has 0 spiro atoms. The zero-order chi connectivity index (χ0) is 11.8. The quantitative estimate of drug-likeness (QED) is 0.812. The number of aromatic nitrogens is 2. The molecular weight excluding hydrogens is 224 g/mol. The fourth-order valence-corrected chi connectivity index (χ4v) is 2.32. The van der Waals surface area contributed by atoms with E-state index in [2.05, 4.69) is 28.7 Å². The maximum Gasteiger partial charge on any atom is 0.150 e. The Bertz CT molecular complexity index is 380. The Morgan fingerprint density at radius 2 is 2.31 bits per heavy atom. The van der Waals surface area contributed by atoms with Crippen molar-refractivity contribution in [1.82, 2.24) is 9.97 Å². The Hall–Kier alpha value is -0.870. The molecule has 1 aromatic heterocycles. The second-order valence-corrected chi connectivity index (χ2v) is 5.41. The van der Waals surface area contributed by atoms with Crippen molar-refractivity contribution in [3.63, 3.8) is 0 Å². The first kappa shape index (κ1) is 11.6. The van der Waals surface area contributed by atoms with E-state index in [-0.39, 0.29) is 11.5 Å². The molecule has 88 valence electrons. The summed E-state index contributed by atoms with van der Waals surface area (Å²) in [6.07, 6.45) is 4.13. The molecular formula is C11H17ClN4. The third-order valence-electron chi connectivity index (χ3n) is 3.26. The average Bonchev–Trinajstić information content (AvgIpc) is 2.23. The first-order valence-corrected chi connectivity index (χ1v) is 5.84. The van der Waals surface area contributed by atoms with Crippen LogP contribution in [0.5, 0.6) is 0 Å². The molecule has 1 fully saturated rings. The number of halogens is 1. The van der Waals surface area contributed by atoms with E-state index in [0.29, 0.717) is 5.02 Å². The number of nitrogens with two attached hydrogens (primary N) is 1. The van der Waals surface area contributed by atoms with Crippen molar-refractivity contribution in [2.75, 3.05) is 18.0 Å². The van der Waals surface area contributed by atoms with Gasteiger partial charge in [-0.05, 0) is 11.8 Å². The highest BCUT2D eigenvalue weighted by Gasteiger charge is 2.34. The average molecular weight is 241 g/mol. The highest BCUT2D eigenvalue weighted by atomic mass is 35.5. The van der Waals surface area contributed by atoms with Gasteiger partial charge in [-0.15, -0.1) is 0 Å². The fraction of sp³-hybridized carbons (Fsp3) is 0.636. The van der Waals surface area contributed by atoms with Crippen molar-refractivity contribution >= 4 is 17.4 Å². The topological polar surface area (TPSA) is 55.0 Å². The van der Waals surface area contributed by atoms with Crippen LogP contribution in [-0.2, 0) is 0 Å². The maximum absolute atomic E-state index is 6.10. The number of nitrogens with zero attached hydrogens (tertiary/aromatic N) is 3. The molecule has 1 unspecified atom stereocenters. The minimum Gasteiger partial charge on any atom is -0.355 e. The van der Waals surface area contributed by atoms with Gasteiger partial charge in [-0.2, -0.15) is 0 Å². The summed E-state index contributed by atoms with van der Waals surface area (Å²) in [5.41, 5.74) is 6.19. The van der Waals surface area contributed by atoms with Gasteiger partial charge in [0, 0.05) is 19.1 Å². The molecule has 1 saturated heterocycles. The van der Waals surface area contributed by atoms with Gasteiger partial charge in [0.2, 0.25) is 0 Å². The van der Waals surface area contributed by atoms with Gasteiger partial charge in [0.25, 0.3) is 0 Å². The summed E-state index contributed by atoms with van der Waals surface area (Å²) < 4.78 is 0. The third-order valence-corrected chi connectivity index (χ3v) is 3.53. The number of hydrogen-bond donors (Lipinski definition) is 1. The van der Waals surface area contributed by atoms with E-state index < -0.39 is 0 Å². The van der Waals surface area contributed by atoms with Gasteiger partial charge in [-0.3, -0.25) is 0 Å². The molecule has 1 atom stereocenters. The summed E-state index contributed by atoms with van der Waals surface area (Å²) in [4.78, 5) is 10.3. The van der Waals surface area contributed by atoms with Gasteiger partial charge in [-0.1, -0.05) is 25.4 Å². The molecule has 0 aromatic carbocycles. The maximum atomic E-state index is 6.10. The molecule has 2 rings (SSSR count). The molecule has 5 heteroatoms. The molecule has 0 radical (unpaired) electrons. The van der Waals surface area contributed by atoms with Crippen LogP contribution < -0.4 is 10.6 Å². The highest BCUT2D eigenvalue weighted by Crippen LogP contribution is 2.32. The lowest BCUT2D eigenvalue weighted by atomic mass is 9.80. The monoisotopic (exact) mass is 240 g/mol. The van der Waals surface area contributed by atoms with Crippen LogP contribution in [0.25, 0.3) is 0 Å². The van der Waals surface area contributed by atoms with Gasteiger partial charge in [0.1, 0.15) is 11.3 Å². The lowest BCUT2D eigenvalue weighted by Crippen LogP contribution is -2.52. The minimum atomic E-state index is 0.0898. The number of rotatable bonds is 1. The summed E-state index contributed by atoms with van der Waals surface area (Å²) in [5, 5.41) is 0.605. The Labute approximate surface area is 101 Å². The van der Waals surface area contributed by atoms with E-state index in [9.17, 15) is 0 Å². The van der Waals surface area contributed by atoms with Gasteiger partial charge in [0.15, 0.2) is 5.82 Å². The Morgan fingerprint density at radius 3 is 2.94 bits per heavy atom. The predicted octanol–water partition coefficient (Wildman–Crippen LogP) is 1.69. The molecule has 0 saturated carbocycles. The standard InChI is InChI=1S/C11H17ClN4/c1-11(2)6-16(4-3-9(11)13)10-8(12)5-14-7-15-10/h5,7,9H,3-4,6,13H2,1-2H3. The van der Waals surface area contributed by atoms with Crippen molar-refractivity contribution in [3.8, 4) is 0 Å². The zero-order valence-corrected chi connectivity index (χ0v) is 10.4. The summed E-state index contributed by atoms with van der Waals surface area (Å²) in [5.74, 6) is 0.816. The van der Waals surface area contributed by atoms with Crippen molar-refractivity contribution in [1.29, 1.82) is 0 Å². The zero-order valence-electron chi connectivity index (χ0n) is 9.65. The molecule has 0 amide bonds. The largest absolute Gasteiger partial charge is 0.355 e. The van der Waals surface area contributed by atoms with E-state index in [4.69, 9.17) is 17.3 Å². The summed E-state index contributed by atoms with van der Waals surface area (Å²) in [6.45, 7) is 6.14. The minimum absolute atomic E-state index is 0.0898. The molecule has 1 aromatic rings. The normalized spacial score (nSPS) is 24.5. The molecule has 2 N–H and O–H groups in total. The van der Waals surface area contributed by atoms with Crippen LogP contribution in [0.4, 0.5) is 5.82 Å². The molecule has 0 bridgehead atoms. The van der Waals surface area contributed by atoms with Crippen LogP contribution in [0.15, 0.2) is 12.5 Å². The van der Waals surface area contributed by atoms with E-state index >= 15 is 0 Å². The Morgan fingerprint density at radius 1 is 1.56 bits per heavy atom. The second kappa shape index (κ2) is 4.18. The van der Waals surface area contributed by atoms with Crippen molar-refractivity contribution < 1.29 is 0 Å². The van der Waals surface area contributed by atoms with Gasteiger partial charge in [-0.25, -0.2) is 9.97 Å². The molecule has 0 aliphatic carbocycles. The fourth-order valence-electron chi connectivity index (χ4n) is 2.09. The first-order valence-electron chi connectivity index (χ1n) is 5.47. The number of piperidine rings is 1. The molecule has 16 heavy (non-hydrogen) atoms. The summed E-state index contributed by atoms with van der Waals surface area (Å²) in [6, 6.07) is 0.240. The summed E-state index contributed by atoms with van der Waals surface area (Å²) in [7, 11) is 0. The second-order valence-electron chi connectivity index (χ2n) is 5.00. The summed E-state index contributed by atoms with van der Waals surface area (Å²) >= 11 is 6.09. The van der Waals surface area contributed by atoms with Crippen LogP contribution in [-0.4, -0.2) is 29.1 Å².